The lowest BCUT2D eigenvalue weighted by Crippen LogP contribution is -2.47. The summed E-state index contributed by atoms with van der Waals surface area (Å²) >= 11 is 0. The molecule has 1 aromatic carbocycles. The highest BCUT2D eigenvalue weighted by Gasteiger charge is 2.22. The zero-order valence-electron chi connectivity index (χ0n) is 11.2. The minimum atomic E-state index is -3.28. The number of para-hydroxylation sites is 1. The number of nitrogens with one attached hydrogen (secondary N) is 2. The van der Waals surface area contributed by atoms with Crippen molar-refractivity contribution in [1.29, 1.82) is 5.26 Å². The molecule has 0 spiro atoms. The maximum absolute atomic E-state index is 11.2. The SMILES string of the molecule is CC(C)(CNc1cccc(C#N)c1N)NS(C)(=O)=O. The van der Waals surface area contributed by atoms with E-state index < -0.39 is 15.6 Å². The molecule has 19 heavy (non-hydrogen) atoms. The van der Waals surface area contributed by atoms with E-state index in [1.54, 1.807) is 32.0 Å². The van der Waals surface area contributed by atoms with Gasteiger partial charge in [-0.25, -0.2) is 13.1 Å². The van der Waals surface area contributed by atoms with Crippen LogP contribution in [0.1, 0.15) is 19.4 Å². The highest BCUT2D eigenvalue weighted by atomic mass is 32.2. The molecule has 0 aliphatic rings. The molecule has 104 valence electrons. The molecule has 0 fully saturated rings. The molecule has 0 saturated heterocycles. The number of hydrogen-bond acceptors (Lipinski definition) is 5. The standard InChI is InChI=1S/C12H18N4O2S/c1-12(2,16-19(3,17)18)8-15-10-6-4-5-9(7-13)11(10)14/h4-6,15-16H,8,14H2,1-3H3. The summed E-state index contributed by atoms with van der Waals surface area (Å²) in [6.07, 6.45) is 1.11. The first-order valence-electron chi connectivity index (χ1n) is 5.66. The molecule has 0 atom stereocenters. The Labute approximate surface area is 113 Å². The van der Waals surface area contributed by atoms with Crippen molar-refractivity contribution in [2.45, 2.75) is 19.4 Å². The molecule has 0 aromatic heterocycles. The van der Waals surface area contributed by atoms with Gasteiger partial charge in [-0.1, -0.05) is 6.07 Å². The third-order valence-electron chi connectivity index (χ3n) is 2.41. The molecule has 4 N–H and O–H groups in total. The summed E-state index contributed by atoms with van der Waals surface area (Å²) in [5.41, 5.74) is 6.53. The Morgan fingerprint density at radius 2 is 2.05 bits per heavy atom. The van der Waals surface area contributed by atoms with Crippen LogP contribution in [0, 0.1) is 11.3 Å². The summed E-state index contributed by atoms with van der Waals surface area (Å²) in [5, 5.41) is 11.9. The van der Waals surface area contributed by atoms with Gasteiger partial charge in [-0.3, -0.25) is 0 Å². The predicted octanol–water partition coefficient (Wildman–Crippen LogP) is 0.880. The highest BCUT2D eigenvalue weighted by Crippen LogP contribution is 2.22. The topological polar surface area (TPSA) is 108 Å². The summed E-state index contributed by atoms with van der Waals surface area (Å²) in [6, 6.07) is 7.08. The fourth-order valence-electron chi connectivity index (χ4n) is 1.67. The second-order valence-electron chi connectivity index (χ2n) is 4.99. The van der Waals surface area contributed by atoms with E-state index in [0.717, 1.165) is 6.26 Å². The van der Waals surface area contributed by atoms with Gasteiger partial charge in [0.25, 0.3) is 0 Å². The van der Waals surface area contributed by atoms with Crippen LogP contribution in [0.2, 0.25) is 0 Å². The van der Waals surface area contributed by atoms with Crippen LogP contribution in [0.3, 0.4) is 0 Å². The minimum absolute atomic E-state index is 0.346. The first kappa shape index (κ1) is 15.3. The van der Waals surface area contributed by atoms with Crippen LogP contribution >= 0.6 is 0 Å². The molecule has 0 bridgehead atoms. The third-order valence-corrected chi connectivity index (χ3v) is 3.33. The summed E-state index contributed by atoms with van der Waals surface area (Å²) < 4.78 is 25.0. The fraction of sp³-hybridized carbons (Fsp3) is 0.417. The minimum Gasteiger partial charge on any atom is -0.396 e. The van der Waals surface area contributed by atoms with Crippen molar-refractivity contribution < 1.29 is 8.42 Å². The van der Waals surface area contributed by atoms with Gasteiger partial charge < -0.3 is 11.1 Å². The van der Waals surface area contributed by atoms with Crippen LogP contribution in [0.15, 0.2) is 18.2 Å². The van der Waals surface area contributed by atoms with E-state index in [2.05, 4.69) is 10.0 Å². The monoisotopic (exact) mass is 282 g/mol. The Kier molecular flexibility index (Phi) is 4.39. The third kappa shape index (κ3) is 4.77. The number of rotatable bonds is 5. The maximum atomic E-state index is 11.2. The van der Waals surface area contributed by atoms with E-state index in [4.69, 9.17) is 11.0 Å². The van der Waals surface area contributed by atoms with Crippen molar-refractivity contribution in [3.63, 3.8) is 0 Å². The second kappa shape index (κ2) is 5.47. The van der Waals surface area contributed by atoms with Gasteiger partial charge in [0, 0.05) is 12.1 Å². The van der Waals surface area contributed by atoms with E-state index in [1.807, 2.05) is 6.07 Å². The van der Waals surface area contributed by atoms with Crippen LogP contribution in [-0.2, 0) is 10.0 Å². The molecule has 0 amide bonds. The molecule has 1 rings (SSSR count). The number of hydrogen-bond donors (Lipinski definition) is 3. The fourth-order valence-corrected chi connectivity index (χ4v) is 2.75. The van der Waals surface area contributed by atoms with Crippen molar-refractivity contribution in [3.05, 3.63) is 23.8 Å². The molecule has 0 radical (unpaired) electrons. The first-order valence-corrected chi connectivity index (χ1v) is 7.55. The summed E-state index contributed by atoms with van der Waals surface area (Å²) in [4.78, 5) is 0. The molecule has 0 saturated carbocycles. The number of anilines is 2. The summed E-state index contributed by atoms with van der Waals surface area (Å²) in [7, 11) is -3.28. The summed E-state index contributed by atoms with van der Waals surface area (Å²) in [5.74, 6) is 0. The lowest BCUT2D eigenvalue weighted by molar-refractivity contribution is 0.476. The Bertz CT molecular complexity index is 603. The number of sulfonamides is 1. The van der Waals surface area contributed by atoms with Crippen molar-refractivity contribution in [3.8, 4) is 6.07 Å². The Morgan fingerprint density at radius 1 is 1.42 bits per heavy atom. The van der Waals surface area contributed by atoms with Crippen LogP contribution in [0.25, 0.3) is 0 Å². The normalized spacial score (nSPS) is 11.9. The van der Waals surface area contributed by atoms with Crippen LogP contribution in [-0.4, -0.2) is 26.8 Å². The molecule has 0 heterocycles. The molecular weight excluding hydrogens is 264 g/mol. The van der Waals surface area contributed by atoms with Gasteiger partial charge in [0.1, 0.15) is 6.07 Å². The molecule has 7 heteroatoms. The molecule has 0 aliphatic heterocycles. The van der Waals surface area contributed by atoms with Gasteiger partial charge in [0.2, 0.25) is 10.0 Å². The second-order valence-corrected chi connectivity index (χ2v) is 6.74. The molecular formula is C12H18N4O2S. The van der Waals surface area contributed by atoms with E-state index >= 15 is 0 Å². The first-order chi connectivity index (χ1) is 8.64. The van der Waals surface area contributed by atoms with Gasteiger partial charge in [0.15, 0.2) is 0 Å². The van der Waals surface area contributed by atoms with Crippen molar-refractivity contribution >= 4 is 21.4 Å². The van der Waals surface area contributed by atoms with E-state index in [9.17, 15) is 8.42 Å². The molecule has 6 nitrogen and oxygen atoms in total. The van der Waals surface area contributed by atoms with Crippen LogP contribution < -0.4 is 15.8 Å². The van der Waals surface area contributed by atoms with Gasteiger partial charge in [-0.15, -0.1) is 0 Å². The van der Waals surface area contributed by atoms with Crippen molar-refractivity contribution in [2.24, 2.45) is 0 Å². The summed E-state index contributed by atoms with van der Waals surface area (Å²) in [6.45, 7) is 3.86. The van der Waals surface area contributed by atoms with Gasteiger partial charge in [0.05, 0.1) is 23.2 Å². The zero-order valence-corrected chi connectivity index (χ0v) is 12.0. The maximum Gasteiger partial charge on any atom is 0.209 e. The average molecular weight is 282 g/mol. The number of nitrogens with two attached hydrogens (primary N) is 1. The van der Waals surface area contributed by atoms with E-state index in [0.29, 0.717) is 23.5 Å². The van der Waals surface area contributed by atoms with Crippen molar-refractivity contribution in [2.75, 3.05) is 23.9 Å². The van der Waals surface area contributed by atoms with Crippen LogP contribution in [0.5, 0.6) is 0 Å². The Morgan fingerprint density at radius 3 is 2.58 bits per heavy atom. The van der Waals surface area contributed by atoms with Gasteiger partial charge in [-0.2, -0.15) is 5.26 Å². The average Bonchev–Trinajstić information content (AvgIpc) is 2.24. The Balaban J connectivity index is 2.80. The van der Waals surface area contributed by atoms with E-state index in [1.165, 1.54) is 0 Å². The van der Waals surface area contributed by atoms with Crippen LogP contribution in [0.4, 0.5) is 11.4 Å². The quantitative estimate of drug-likeness (QED) is 0.695. The van der Waals surface area contributed by atoms with Crippen molar-refractivity contribution in [1.82, 2.24) is 4.72 Å². The smallest absolute Gasteiger partial charge is 0.209 e. The van der Waals surface area contributed by atoms with E-state index in [-0.39, 0.29) is 0 Å². The molecule has 0 aliphatic carbocycles. The lowest BCUT2D eigenvalue weighted by Gasteiger charge is -2.26. The molecule has 0 unspecified atom stereocenters. The predicted molar refractivity (Wildman–Crippen MR) is 76.1 cm³/mol. The number of nitrogen functional groups attached to an aromatic ring is 1. The number of nitrogens with zero attached hydrogens (tertiary/aromatic N) is 1. The Hall–Kier alpha value is -1.78. The lowest BCUT2D eigenvalue weighted by atomic mass is 10.1. The van der Waals surface area contributed by atoms with Gasteiger partial charge >= 0.3 is 0 Å². The molecule has 1 aromatic rings. The zero-order chi connectivity index (χ0) is 14.7. The number of benzene rings is 1. The number of nitriles is 1. The highest BCUT2D eigenvalue weighted by molar-refractivity contribution is 7.88. The largest absolute Gasteiger partial charge is 0.396 e. The van der Waals surface area contributed by atoms with Gasteiger partial charge in [-0.05, 0) is 26.0 Å².